The lowest BCUT2D eigenvalue weighted by Gasteiger charge is -2.35. The second kappa shape index (κ2) is 19.8. The molecular formula is C50H52F14O2Si2. The maximum atomic E-state index is 14.5. The van der Waals surface area contributed by atoms with Gasteiger partial charge in [0.1, 0.15) is 16.1 Å². The molecule has 0 amide bonds. The van der Waals surface area contributed by atoms with Gasteiger partial charge in [0.15, 0.2) is 0 Å². The van der Waals surface area contributed by atoms with Crippen molar-refractivity contribution in [2.45, 2.75) is 139 Å². The first kappa shape index (κ1) is 54.6. The van der Waals surface area contributed by atoms with Gasteiger partial charge in [-0.2, -0.15) is 61.5 Å². The van der Waals surface area contributed by atoms with Gasteiger partial charge in [0.25, 0.3) is 0 Å². The van der Waals surface area contributed by atoms with Crippen molar-refractivity contribution in [1.82, 2.24) is 0 Å². The second-order valence-corrected chi connectivity index (χ2v) is 28.8. The minimum absolute atomic E-state index is 0.0767. The number of benzene rings is 5. The quantitative estimate of drug-likeness (QED) is 0.0363. The molecule has 0 aromatic heterocycles. The molecule has 0 spiro atoms. The Morgan fingerprint density at radius 2 is 0.647 bits per heavy atom. The van der Waals surface area contributed by atoms with Gasteiger partial charge in [-0.05, 0) is 114 Å². The van der Waals surface area contributed by atoms with E-state index >= 15 is 0 Å². The zero-order chi connectivity index (χ0) is 51.1. The number of hydrogen-bond donors (Lipinski definition) is 0. The van der Waals surface area contributed by atoms with E-state index in [0.717, 1.165) is 21.5 Å². The van der Waals surface area contributed by atoms with E-state index in [4.69, 9.17) is 0 Å². The Kier molecular flexibility index (Phi) is 15.9. The van der Waals surface area contributed by atoms with Crippen LogP contribution in [0.5, 0.6) is 0 Å². The maximum absolute atomic E-state index is 14.5. The zero-order valence-electron chi connectivity index (χ0n) is 38.6. The summed E-state index contributed by atoms with van der Waals surface area (Å²) in [5.41, 5.74) is 7.49. The monoisotopic (exact) mass is 1010 g/mol. The SMILES string of the molecule is CC(C)[Si](C#Cc1c2cc3ccccc3cc2c(C#C[Si](CCCOC(F)(C(F)(F)F)C(F)(F)F)(C(C)C)C(C)C)c2cc3ccccc3cc12)(CCCOC(F)(C(F)(F)F)C(F)(F)F)C(C)C. The number of halogens is 14. The van der Waals surface area contributed by atoms with Gasteiger partial charge in [-0.25, -0.2) is 0 Å². The summed E-state index contributed by atoms with van der Waals surface area (Å²) in [6.45, 7) is 12.7. The summed E-state index contributed by atoms with van der Waals surface area (Å²) in [6.07, 6.45) is -26.2. The van der Waals surface area contributed by atoms with E-state index in [0.29, 0.717) is 32.7 Å². The highest BCUT2D eigenvalue weighted by atomic mass is 28.3. The molecular weight excluding hydrogens is 955 g/mol. The van der Waals surface area contributed by atoms with E-state index in [-0.39, 0.29) is 47.1 Å². The van der Waals surface area contributed by atoms with Crippen LogP contribution in [-0.2, 0) is 9.47 Å². The minimum atomic E-state index is -6.37. The zero-order valence-corrected chi connectivity index (χ0v) is 40.6. The molecule has 5 aromatic rings. The summed E-state index contributed by atoms with van der Waals surface area (Å²) in [6, 6.07) is 22.9. The molecule has 0 N–H and O–H groups in total. The standard InChI is InChI=1S/C50H52F14O2Si2/c1-31(2)67(32(3)4,23-13-21-65-45(51,47(53,54)55)48(56,57)58)25-19-39-41-27-35-15-9-11-17-37(35)29-43(41)40(44-30-38-18-12-10-16-36(38)28-42(39)44)20-26-68(33(5)6,34(7)8)24-14-22-66-46(52,49(59,60)61)50(62,63)64/h9-12,15-18,27-34H,13-14,21-24H2,1-8H3. The lowest BCUT2D eigenvalue weighted by Crippen LogP contribution is -2.55. The van der Waals surface area contributed by atoms with Crippen LogP contribution in [0.3, 0.4) is 0 Å². The van der Waals surface area contributed by atoms with Gasteiger partial charge in [0.05, 0.1) is 13.2 Å². The third kappa shape index (κ3) is 10.4. The predicted molar refractivity (Wildman–Crippen MR) is 245 cm³/mol. The van der Waals surface area contributed by atoms with Crippen LogP contribution in [0.1, 0.15) is 79.4 Å². The fourth-order valence-corrected chi connectivity index (χ4v) is 17.8. The molecule has 2 nitrogen and oxygen atoms in total. The largest absolute Gasteiger partial charge is 0.458 e. The van der Waals surface area contributed by atoms with Gasteiger partial charge in [0, 0.05) is 11.1 Å². The van der Waals surface area contributed by atoms with Crippen LogP contribution in [0.15, 0.2) is 72.8 Å². The summed E-state index contributed by atoms with van der Waals surface area (Å²) in [4.78, 5) is 0. The van der Waals surface area contributed by atoms with Crippen molar-refractivity contribution in [2.75, 3.05) is 13.2 Å². The fourth-order valence-electron chi connectivity index (χ4n) is 9.22. The number of ether oxygens (including phenoxy) is 2. The molecule has 0 fully saturated rings. The molecule has 0 aliphatic rings. The summed E-state index contributed by atoms with van der Waals surface area (Å²) in [5.74, 6) is -4.77. The molecule has 0 saturated heterocycles. The van der Waals surface area contributed by atoms with Crippen LogP contribution in [-0.4, -0.2) is 65.8 Å². The van der Waals surface area contributed by atoms with Crippen LogP contribution in [0.4, 0.5) is 61.5 Å². The lowest BCUT2D eigenvalue weighted by molar-refractivity contribution is -0.430. The van der Waals surface area contributed by atoms with Crippen LogP contribution in [0.2, 0.25) is 34.3 Å². The molecule has 0 aliphatic heterocycles. The molecule has 18 heteroatoms. The molecule has 5 rings (SSSR count). The van der Waals surface area contributed by atoms with E-state index in [1.807, 2.05) is 128 Å². The first-order chi connectivity index (χ1) is 31.3. The third-order valence-corrected chi connectivity index (χ3v) is 25.1. The van der Waals surface area contributed by atoms with Crippen molar-refractivity contribution >= 4 is 59.2 Å². The normalized spacial score (nSPS) is 13.9. The molecule has 0 saturated carbocycles. The molecule has 0 aliphatic carbocycles. The van der Waals surface area contributed by atoms with Gasteiger partial charge in [0.2, 0.25) is 0 Å². The Bertz CT molecular complexity index is 2400. The van der Waals surface area contributed by atoms with Crippen molar-refractivity contribution in [3.05, 3.63) is 83.9 Å². The molecule has 0 atom stereocenters. The first-order valence-corrected chi connectivity index (χ1v) is 26.8. The predicted octanol–water partition coefficient (Wildman–Crippen LogP) is 17.0. The molecule has 0 bridgehead atoms. The number of alkyl halides is 14. The second-order valence-electron chi connectivity index (χ2n) is 18.5. The van der Waals surface area contributed by atoms with E-state index in [2.05, 4.69) is 32.4 Å². The van der Waals surface area contributed by atoms with Crippen molar-refractivity contribution in [3.8, 4) is 22.9 Å². The summed E-state index contributed by atoms with van der Waals surface area (Å²) in [5, 5.41) is 5.95. The van der Waals surface area contributed by atoms with Crippen LogP contribution >= 0.6 is 0 Å². The Hall–Kier alpha value is -4.37. The van der Waals surface area contributed by atoms with E-state index in [1.54, 1.807) is 0 Å². The van der Waals surface area contributed by atoms with Crippen molar-refractivity contribution in [3.63, 3.8) is 0 Å². The molecule has 370 valence electrons. The van der Waals surface area contributed by atoms with Gasteiger partial charge in [-0.1, -0.05) is 116 Å². The Morgan fingerprint density at radius 3 is 0.853 bits per heavy atom. The smallest absolute Gasteiger partial charge is 0.332 e. The Labute approximate surface area is 388 Å². The number of rotatable bonds is 14. The van der Waals surface area contributed by atoms with Crippen LogP contribution < -0.4 is 0 Å². The molecule has 0 radical (unpaired) electrons. The van der Waals surface area contributed by atoms with Crippen LogP contribution in [0, 0.1) is 22.9 Å². The highest BCUT2D eigenvalue weighted by Gasteiger charge is 2.75. The average Bonchev–Trinajstić information content (AvgIpc) is 3.22. The van der Waals surface area contributed by atoms with Crippen LogP contribution in [0.25, 0.3) is 43.1 Å². The van der Waals surface area contributed by atoms with Gasteiger partial charge in [-0.15, -0.1) is 11.1 Å². The lowest BCUT2D eigenvalue weighted by atomic mass is 9.89. The van der Waals surface area contributed by atoms with Gasteiger partial charge >= 0.3 is 36.4 Å². The maximum Gasteiger partial charge on any atom is 0.458 e. The number of hydrogen-bond acceptors (Lipinski definition) is 2. The van der Waals surface area contributed by atoms with Gasteiger partial charge in [-0.3, -0.25) is 0 Å². The molecule has 0 heterocycles. The van der Waals surface area contributed by atoms with Crippen molar-refractivity contribution in [2.24, 2.45) is 0 Å². The summed E-state index contributed by atoms with van der Waals surface area (Å²) in [7, 11) is -6.08. The summed E-state index contributed by atoms with van der Waals surface area (Å²) < 4.78 is 197. The topological polar surface area (TPSA) is 18.5 Å². The molecule has 0 unspecified atom stereocenters. The highest BCUT2D eigenvalue weighted by Crippen LogP contribution is 2.49. The Balaban J connectivity index is 1.74. The summed E-state index contributed by atoms with van der Waals surface area (Å²) >= 11 is 0. The number of fused-ring (bicyclic) bond motifs is 4. The average molecular weight is 1010 g/mol. The molecule has 5 aromatic carbocycles. The Morgan fingerprint density at radius 1 is 0.412 bits per heavy atom. The van der Waals surface area contributed by atoms with E-state index in [1.165, 1.54) is 0 Å². The highest BCUT2D eigenvalue weighted by molar-refractivity contribution is 6.90. The first-order valence-electron chi connectivity index (χ1n) is 22.1. The molecule has 68 heavy (non-hydrogen) atoms. The fraction of sp³-hybridized carbons (Fsp3) is 0.480. The van der Waals surface area contributed by atoms with Gasteiger partial charge < -0.3 is 9.47 Å². The van der Waals surface area contributed by atoms with Crippen molar-refractivity contribution in [1.29, 1.82) is 0 Å². The van der Waals surface area contributed by atoms with Crippen molar-refractivity contribution < 1.29 is 70.9 Å². The third-order valence-electron chi connectivity index (χ3n) is 13.3. The minimum Gasteiger partial charge on any atom is -0.332 e. The van der Waals surface area contributed by atoms with E-state index < -0.39 is 65.8 Å². The van der Waals surface area contributed by atoms with E-state index in [9.17, 15) is 61.5 Å².